The van der Waals surface area contributed by atoms with Crippen molar-refractivity contribution in [2.75, 3.05) is 13.2 Å². The van der Waals surface area contributed by atoms with Crippen LogP contribution in [0.15, 0.2) is 0 Å². The topological polar surface area (TPSA) is 228 Å². The lowest BCUT2D eigenvalue weighted by Gasteiger charge is -2.47. The van der Waals surface area contributed by atoms with E-state index in [0.717, 1.165) is 0 Å². The smallest absolute Gasteiger partial charge is 0.187 e. The summed E-state index contributed by atoms with van der Waals surface area (Å²) in [5, 5.41) is 89.4. The van der Waals surface area contributed by atoms with Crippen molar-refractivity contribution in [3.8, 4) is 0 Å². The average Bonchev–Trinajstić information content (AvgIpc) is 2.74. The summed E-state index contributed by atoms with van der Waals surface area (Å²) in [6, 6.07) is 0. The average molecular weight is 458 g/mol. The van der Waals surface area contributed by atoms with E-state index >= 15 is 0 Å². The number of hydrogen-bond acceptors (Lipinski definition) is 14. The van der Waals surface area contributed by atoms with Crippen LogP contribution in [-0.2, 0) is 23.7 Å². The zero-order valence-electron chi connectivity index (χ0n) is 16.6. The molecule has 3 aliphatic rings. The van der Waals surface area contributed by atoms with Crippen LogP contribution < -0.4 is 0 Å². The summed E-state index contributed by atoms with van der Waals surface area (Å²) in [5.74, 6) is 0. The molecule has 0 aliphatic carbocycles. The highest BCUT2D eigenvalue weighted by Gasteiger charge is 2.52. The van der Waals surface area contributed by atoms with Crippen LogP contribution in [0.2, 0.25) is 0 Å². The molecule has 3 fully saturated rings. The number of aliphatic hydroxyl groups is 9. The molecule has 3 heterocycles. The van der Waals surface area contributed by atoms with Crippen LogP contribution in [0.4, 0.5) is 0 Å². The molecule has 0 radical (unpaired) electrons. The standard InChI is InChI=1S/C17H30O14/c1-4-7(20)9(22)14(31-16-12(25)8(21)5(19)3-27-16)17(28-4)30-13-6(2-18)29-15(26)11(24)10(13)23/h4-26H,2-3H2,1H3/t4-,5-,6+,7-,8+,9+,10+,11-,12-,13+,14+,15-,16+,17-/m0/s1. The molecule has 182 valence electrons. The van der Waals surface area contributed by atoms with Crippen LogP contribution in [-0.4, -0.2) is 145 Å². The Kier molecular flexibility index (Phi) is 8.21. The number of aliphatic hydroxyl groups excluding tert-OH is 9. The van der Waals surface area contributed by atoms with Crippen molar-refractivity contribution < 1.29 is 69.6 Å². The van der Waals surface area contributed by atoms with Gasteiger partial charge in [0.1, 0.15) is 61.0 Å². The minimum absolute atomic E-state index is 0.386. The summed E-state index contributed by atoms with van der Waals surface area (Å²) >= 11 is 0. The maximum atomic E-state index is 10.5. The Labute approximate surface area is 176 Å². The molecule has 0 saturated carbocycles. The SMILES string of the molecule is C[C@@H]1O[C@@H](O[C@H]2[C@H](O)[C@H](O)[C@@H](O)O[C@@H]2CO)[C@H](O[C@H]2OC[C@H](O)[C@@H](O)[C@@H]2O)[C@H](O)[C@H]1O. The Hall–Kier alpha value is -0.560. The van der Waals surface area contributed by atoms with E-state index in [9.17, 15) is 46.0 Å². The van der Waals surface area contributed by atoms with Gasteiger partial charge >= 0.3 is 0 Å². The number of hydrogen-bond donors (Lipinski definition) is 9. The van der Waals surface area contributed by atoms with Gasteiger partial charge in [-0.25, -0.2) is 0 Å². The normalized spacial score (nSPS) is 54.0. The second-order valence-corrected chi connectivity index (χ2v) is 7.87. The molecule has 0 bridgehead atoms. The van der Waals surface area contributed by atoms with E-state index in [-0.39, 0.29) is 6.61 Å². The summed E-state index contributed by atoms with van der Waals surface area (Å²) in [5.41, 5.74) is 0. The van der Waals surface area contributed by atoms with Gasteiger partial charge in [0, 0.05) is 0 Å². The first kappa shape index (κ1) is 25.1. The molecule has 0 aromatic heterocycles. The lowest BCUT2D eigenvalue weighted by atomic mass is 9.97. The van der Waals surface area contributed by atoms with Crippen LogP contribution >= 0.6 is 0 Å². The first-order chi connectivity index (χ1) is 14.6. The van der Waals surface area contributed by atoms with Gasteiger partial charge in [0.25, 0.3) is 0 Å². The van der Waals surface area contributed by atoms with E-state index in [4.69, 9.17) is 23.7 Å². The molecule has 14 atom stereocenters. The van der Waals surface area contributed by atoms with Gasteiger partial charge in [-0.1, -0.05) is 0 Å². The fourth-order valence-electron chi connectivity index (χ4n) is 3.70. The van der Waals surface area contributed by atoms with E-state index in [2.05, 4.69) is 0 Å². The monoisotopic (exact) mass is 458 g/mol. The van der Waals surface area contributed by atoms with Gasteiger partial charge in [-0.2, -0.15) is 0 Å². The summed E-state index contributed by atoms with van der Waals surface area (Å²) in [7, 11) is 0. The van der Waals surface area contributed by atoms with Gasteiger partial charge in [0.15, 0.2) is 18.9 Å². The molecule has 0 aromatic carbocycles. The Morgan fingerprint density at radius 3 is 1.97 bits per heavy atom. The van der Waals surface area contributed by atoms with Gasteiger partial charge in [0.05, 0.1) is 19.3 Å². The molecule has 0 aromatic rings. The molecule has 3 rings (SSSR count). The Morgan fingerprint density at radius 1 is 0.710 bits per heavy atom. The third-order valence-corrected chi connectivity index (χ3v) is 5.66. The third-order valence-electron chi connectivity index (χ3n) is 5.66. The zero-order valence-corrected chi connectivity index (χ0v) is 16.6. The highest BCUT2D eigenvalue weighted by molar-refractivity contribution is 4.94. The predicted octanol–water partition coefficient (Wildman–Crippen LogP) is -5.91. The molecule has 3 saturated heterocycles. The maximum absolute atomic E-state index is 10.5. The van der Waals surface area contributed by atoms with Crippen LogP contribution in [0.5, 0.6) is 0 Å². The van der Waals surface area contributed by atoms with Gasteiger partial charge in [-0.05, 0) is 6.92 Å². The van der Waals surface area contributed by atoms with Gasteiger partial charge in [-0.3, -0.25) is 0 Å². The van der Waals surface area contributed by atoms with Crippen molar-refractivity contribution in [1.82, 2.24) is 0 Å². The van der Waals surface area contributed by atoms with Crippen LogP contribution in [0.1, 0.15) is 6.92 Å². The molecule has 31 heavy (non-hydrogen) atoms. The lowest BCUT2D eigenvalue weighted by molar-refractivity contribution is -0.378. The predicted molar refractivity (Wildman–Crippen MR) is 93.8 cm³/mol. The van der Waals surface area contributed by atoms with E-state index in [1.807, 2.05) is 0 Å². The van der Waals surface area contributed by atoms with Gasteiger partial charge in [-0.15, -0.1) is 0 Å². The minimum atomic E-state index is -1.78. The molecule has 14 nitrogen and oxygen atoms in total. The van der Waals surface area contributed by atoms with Crippen LogP contribution in [0.3, 0.4) is 0 Å². The summed E-state index contributed by atoms with van der Waals surface area (Å²) in [6.45, 7) is 0.324. The van der Waals surface area contributed by atoms with Crippen molar-refractivity contribution in [1.29, 1.82) is 0 Å². The van der Waals surface area contributed by atoms with Crippen molar-refractivity contribution in [3.05, 3.63) is 0 Å². The molecular weight excluding hydrogens is 428 g/mol. The maximum Gasteiger partial charge on any atom is 0.187 e. The van der Waals surface area contributed by atoms with Crippen LogP contribution in [0.25, 0.3) is 0 Å². The summed E-state index contributed by atoms with van der Waals surface area (Å²) < 4.78 is 26.8. The first-order valence-corrected chi connectivity index (χ1v) is 9.85. The van der Waals surface area contributed by atoms with E-state index in [0.29, 0.717) is 0 Å². The molecule has 0 spiro atoms. The molecule has 9 N–H and O–H groups in total. The summed E-state index contributed by atoms with van der Waals surface area (Å²) in [6.07, 6.45) is -21.4. The molecule has 0 unspecified atom stereocenters. The molecule has 3 aliphatic heterocycles. The fourth-order valence-corrected chi connectivity index (χ4v) is 3.70. The Bertz CT molecular complexity index is 579. The van der Waals surface area contributed by atoms with E-state index in [1.165, 1.54) is 6.92 Å². The minimum Gasteiger partial charge on any atom is -0.394 e. The largest absolute Gasteiger partial charge is 0.394 e. The quantitative estimate of drug-likeness (QED) is 0.187. The lowest BCUT2D eigenvalue weighted by Crippen LogP contribution is -2.65. The van der Waals surface area contributed by atoms with Crippen molar-refractivity contribution in [2.24, 2.45) is 0 Å². The van der Waals surface area contributed by atoms with Crippen molar-refractivity contribution in [3.63, 3.8) is 0 Å². The summed E-state index contributed by atoms with van der Waals surface area (Å²) in [4.78, 5) is 0. The zero-order chi connectivity index (χ0) is 23.0. The second kappa shape index (κ2) is 10.1. The molecule has 14 heteroatoms. The number of rotatable bonds is 5. The third kappa shape index (κ3) is 5.02. The van der Waals surface area contributed by atoms with Gasteiger partial charge < -0.3 is 69.6 Å². The fraction of sp³-hybridized carbons (Fsp3) is 1.00. The first-order valence-electron chi connectivity index (χ1n) is 9.85. The highest BCUT2D eigenvalue weighted by atomic mass is 16.8. The molecular formula is C17H30O14. The number of ether oxygens (including phenoxy) is 5. The highest BCUT2D eigenvalue weighted by Crippen LogP contribution is 2.31. The Balaban J connectivity index is 1.79. The molecule has 0 amide bonds. The van der Waals surface area contributed by atoms with Crippen molar-refractivity contribution >= 4 is 0 Å². The van der Waals surface area contributed by atoms with Crippen molar-refractivity contribution in [2.45, 2.75) is 92.9 Å². The van der Waals surface area contributed by atoms with Crippen LogP contribution in [0, 0.1) is 0 Å². The van der Waals surface area contributed by atoms with E-state index in [1.54, 1.807) is 0 Å². The second-order valence-electron chi connectivity index (χ2n) is 7.87. The van der Waals surface area contributed by atoms with E-state index < -0.39 is 92.6 Å². The van der Waals surface area contributed by atoms with Gasteiger partial charge in [0.2, 0.25) is 0 Å². The Morgan fingerprint density at radius 2 is 1.32 bits per heavy atom.